The number of carbonyl (C=O) groups is 2. The van der Waals surface area contributed by atoms with Crippen molar-refractivity contribution in [3.05, 3.63) is 24.3 Å². The van der Waals surface area contributed by atoms with Gasteiger partial charge in [0.1, 0.15) is 5.54 Å². The summed E-state index contributed by atoms with van der Waals surface area (Å²) in [5.74, 6) is -1.01. The van der Waals surface area contributed by atoms with Crippen LogP contribution in [0.5, 0.6) is 0 Å². The second-order valence-corrected chi connectivity index (χ2v) is 6.38. The van der Waals surface area contributed by atoms with Gasteiger partial charge >= 0.3 is 12.0 Å². The number of carboxylic acid groups (broad SMARTS) is 1. The standard InChI is InChI=1S/C14H15N3O3S/c1-14(11(18)19,8-6-7-8)17-12(20)16-13-15-9-4-2-3-5-10(9)21-13/h2-5,8H,6-7H2,1H3,(H,18,19)(H2,15,16,17,20). The third kappa shape index (κ3) is 2.69. The minimum absolute atomic E-state index is 0.00360. The zero-order valence-corrected chi connectivity index (χ0v) is 12.2. The number of benzene rings is 1. The summed E-state index contributed by atoms with van der Waals surface area (Å²) in [6.07, 6.45) is 1.65. The largest absolute Gasteiger partial charge is 0.480 e. The smallest absolute Gasteiger partial charge is 0.329 e. The maximum atomic E-state index is 12.0. The van der Waals surface area contributed by atoms with Crippen molar-refractivity contribution in [2.45, 2.75) is 25.3 Å². The first kappa shape index (κ1) is 13.8. The number of carboxylic acids is 1. The number of aliphatic carboxylic acids is 1. The molecule has 1 saturated carbocycles. The molecule has 110 valence electrons. The summed E-state index contributed by atoms with van der Waals surface area (Å²) < 4.78 is 0.969. The van der Waals surface area contributed by atoms with Crippen LogP contribution in [0, 0.1) is 5.92 Å². The highest BCUT2D eigenvalue weighted by Gasteiger charge is 2.48. The molecular formula is C14H15N3O3S. The second-order valence-electron chi connectivity index (χ2n) is 5.35. The maximum Gasteiger partial charge on any atom is 0.329 e. The Morgan fingerprint density at radius 1 is 1.38 bits per heavy atom. The average molecular weight is 305 g/mol. The van der Waals surface area contributed by atoms with Gasteiger partial charge in [0.25, 0.3) is 0 Å². The van der Waals surface area contributed by atoms with E-state index in [0.29, 0.717) is 5.13 Å². The van der Waals surface area contributed by atoms with Gasteiger partial charge in [-0.1, -0.05) is 23.5 Å². The molecular weight excluding hydrogens is 290 g/mol. The van der Waals surface area contributed by atoms with Crippen LogP contribution in [0.15, 0.2) is 24.3 Å². The third-order valence-corrected chi connectivity index (χ3v) is 4.68. The number of carbonyl (C=O) groups excluding carboxylic acids is 1. The lowest BCUT2D eigenvalue weighted by atomic mass is 9.96. The predicted octanol–water partition coefficient (Wildman–Crippen LogP) is 2.67. The first-order valence-corrected chi connectivity index (χ1v) is 7.49. The fraction of sp³-hybridized carbons (Fsp3) is 0.357. The van der Waals surface area contributed by atoms with Crippen LogP contribution in [0.1, 0.15) is 19.8 Å². The van der Waals surface area contributed by atoms with Crippen LogP contribution >= 0.6 is 11.3 Å². The van der Waals surface area contributed by atoms with Crippen molar-refractivity contribution in [1.82, 2.24) is 10.3 Å². The van der Waals surface area contributed by atoms with E-state index in [2.05, 4.69) is 15.6 Å². The maximum absolute atomic E-state index is 12.0. The molecule has 6 nitrogen and oxygen atoms in total. The summed E-state index contributed by atoms with van der Waals surface area (Å²) in [5.41, 5.74) is -0.415. The quantitative estimate of drug-likeness (QED) is 0.810. The van der Waals surface area contributed by atoms with Gasteiger partial charge in [-0.2, -0.15) is 0 Å². The number of aromatic nitrogens is 1. The zero-order valence-electron chi connectivity index (χ0n) is 11.4. The van der Waals surface area contributed by atoms with Gasteiger partial charge in [0.2, 0.25) is 0 Å². The molecule has 0 spiro atoms. The number of amides is 2. The molecule has 21 heavy (non-hydrogen) atoms. The molecule has 1 atom stereocenters. The topological polar surface area (TPSA) is 91.3 Å². The molecule has 2 amide bonds. The number of urea groups is 1. The SMILES string of the molecule is CC(NC(=O)Nc1nc2ccccc2s1)(C(=O)O)C1CC1. The van der Waals surface area contributed by atoms with Crippen molar-refractivity contribution in [2.24, 2.45) is 5.92 Å². The molecule has 1 unspecified atom stereocenters. The Kier molecular flexibility index (Phi) is 3.29. The number of fused-ring (bicyclic) bond motifs is 1. The third-order valence-electron chi connectivity index (χ3n) is 3.73. The number of nitrogens with one attached hydrogen (secondary N) is 2. The summed E-state index contributed by atoms with van der Waals surface area (Å²) in [4.78, 5) is 27.7. The fourth-order valence-corrected chi connectivity index (χ4v) is 3.14. The van der Waals surface area contributed by atoms with Crippen LogP contribution in [-0.2, 0) is 4.79 Å². The molecule has 7 heteroatoms. The highest BCUT2D eigenvalue weighted by molar-refractivity contribution is 7.22. The van der Waals surface area contributed by atoms with Crippen LogP contribution < -0.4 is 10.6 Å². The van der Waals surface area contributed by atoms with E-state index in [9.17, 15) is 14.7 Å². The molecule has 2 aromatic rings. The summed E-state index contributed by atoms with van der Waals surface area (Å²) in [6.45, 7) is 1.55. The molecule has 3 N–H and O–H groups in total. The van der Waals surface area contributed by atoms with Crippen LogP contribution in [0.4, 0.5) is 9.93 Å². The van der Waals surface area contributed by atoms with Gasteiger partial charge < -0.3 is 10.4 Å². The van der Waals surface area contributed by atoms with E-state index in [0.717, 1.165) is 23.1 Å². The van der Waals surface area contributed by atoms with Gasteiger partial charge in [0.05, 0.1) is 10.2 Å². The molecule has 1 aliphatic rings. The normalized spacial score (nSPS) is 17.2. The Balaban J connectivity index is 1.72. The number of rotatable bonds is 4. The number of thiazole rings is 1. The van der Waals surface area contributed by atoms with E-state index >= 15 is 0 Å². The van der Waals surface area contributed by atoms with E-state index in [1.165, 1.54) is 11.3 Å². The van der Waals surface area contributed by atoms with Gasteiger partial charge in [0.15, 0.2) is 5.13 Å². The molecule has 0 saturated heterocycles. The van der Waals surface area contributed by atoms with Crippen molar-refractivity contribution < 1.29 is 14.7 Å². The summed E-state index contributed by atoms with van der Waals surface area (Å²) in [6, 6.07) is 7.02. The van der Waals surface area contributed by atoms with Crippen molar-refractivity contribution in [2.75, 3.05) is 5.32 Å². The number of hydrogen-bond donors (Lipinski definition) is 3. The highest BCUT2D eigenvalue weighted by atomic mass is 32.1. The van der Waals surface area contributed by atoms with E-state index in [1.54, 1.807) is 6.92 Å². The molecule has 0 aliphatic heterocycles. The monoisotopic (exact) mass is 305 g/mol. The minimum Gasteiger partial charge on any atom is -0.480 e. The number of hydrogen-bond acceptors (Lipinski definition) is 4. The van der Waals surface area contributed by atoms with Crippen molar-refractivity contribution in [3.8, 4) is 0 Å². The van der Waals surface area contributed by atoms with Crippen LogP contribution in [0.2, 0.25) is 0 Å². The van der Waals surface area contributed by atoms with Gasteiger partial charge in [-0.05, 0) is 37.8 Å². The highest BCUT2D eigenvalue weighted by Crippen LogP contribution is 2.39. The number of nitrogens with zero attached hydrogens (tertiary/aromatic N) is 1. The molecule has 1 aromatic heterocycles. The summed E-state index contributed by atoms with van der Waals surface area (Å²) in [7, 11) is 0. The Morgan fingerprint density at radius 2 is 2.10 bits per heavy atom. The van der Waals surface area contributed by atoms with E-state index in [4.69, 9.17) is 0 Å². The van der Waals surface area contributed by atoms with Gasteiger partial charge in [-0.3, -0.25) is 5.32 Å². The van der Waals surface area contributed by atoms with Crippen LogP contribution in [0.3, 0.4) is 0 Å². The van der Waals surface area contributed by atoms with Crippen molar-refractivity contribution >= 4 is 38.7 Å². The average Bonchev–Trinajstić information content (AvgIpc) is 3.19. The van der Waals surface area contributed by atoms with Gasteiger partial charge in [0, 0.05) is 0 Å². The second kappa shape index (κ2) is 5.00. The molecule has 1 fully saturated rings. The Morgan fingerprint density at radius 3 is 2.71 bits per heavy atom. The van der Waals surface area contributed by atoms with Gasteiger partial charge in [-0.15, -0.1) is 0 Å². The Bertz CT molecular complexity index is 677. The first-order valence-electron chi connectivity index (χ1n) is 6.67. The molecule has 1 heterocycles. The Hall–Kier alpha value is -2.15. The van der Waals surface area contributed by atoms with Gasteiger partial charge in [-0.25, -0.2) is 14.6 Å². The van der Waals surface area contributed by atoms with Crippen LogP contribution in [-0.4, -0.2) is 27.6 Å². The molecule has 3 rings (SSSR count). The summed E-state index contributed by atoms with van der Waals surface area (Å²) in [5, 5.41) is 15.0. The zero-order chi connectivity index (χ0) is 15.0. The number of para-hydroxylation sites is 1. The van der Waals surface area contributed by atoms with E-state index in [-0.39, 0.29) is 5.92 Å². The predicted molar refractivity (Wildman–Crippen MR) is 80.5 cm³/mol. The lowest BCUT2D eigenvalue weighted by molar-refractivity contribution is -0.144. The number of anilines is 1. The molecule has 1 aliphatic carbocycles. The molecule has 0 bridgehead atoms. The lowest BCUT2D eigenvalue weighted by Crippen LogP contribution is -2.55. The van der Waals surface area contributed by atoms with Crippen molar-refractivity contribution in [3.63, 3.8) is 0 Å². The van der Waals surface area contributed by atoms with Crippen molar-refractivity contribution in [1.29, 1.82) is 0 Å². The van der Waals surface area contributed by atoms with Crippen LogP contribution in [0.25, 0.3) is 10.2 Å². The molecule has 1 aromatic carbocycles. The minimum atomic E-state index is -1.22. The fourth-order valence-electron chi connectivity index (χ4n) is 2.28. The van der Waals surface area contributed by atoms with E-state index < -0.39 is 17.5 Å². The van der Waals surface area contributed by atoms with E-state index in [1.807, 2.05) is 24.3 Å². The Labute approximate surface area is 125 Å². The summed E-state index contributed by atoms with van der Waals surface area (Å²) >= 11 is 1.35. The first-order chi connectivity index (χ1) is 9.99. The molecule has 0 radical (unpaired) electrons. The lowest BCUT2D eigenvalue weighted by Gasteiger charge is -2.25.